The number of rotatable bonds is 8. The van der Waals surface area contributed by atoms with E-state index in [-0.39, 0.29) is 5.56 Å². The van der Waals surface area contributed by atoms with Crippen LogP contribution in [0.4, 0.5) is 11.4 Å². The van der Waals surface area contributed by atoms with E-state index in [0.717, 1.165) is 5.56 Å². The Bertz CT molecular complexity index is 1240. The zero-order chi connectivity index (χ0) is 24.7. The molecule has 1 N–H and O–H groups in total. The SMILES string of the molecule is C=CN(C(=O)C(C(=C)C)C(=O)Nc1cccc(-c2cnccn2)c1)c1cccc(C(=O)OC)c1. The lowest BCUT2D eigenvalue weighted by Gasteiger charge is -2.24. The van der Waals surface area contributed by atoms with Crippen LogP contribution in [-0.2, 0) is 14.3 Å². The normalized spacial score (nSPS) is 11.1. The molecule has 0 saturated carbocycles. The lowest BCUT2D eigenvalue weighted by Crippen LogP contribution is -2.39. The second-order valence-electron chi connectivity index (χ2n) is 7.37. The molecule has 3 rings (SSSR count). The van der Waals surface area contributed by atoms with Crippen LogP contribution in [0.5, 0.6) is 0 Å². The first kappa shape index (κ1) is 24.1. The van der Waals surface area contributed by atoms with Gasteiger partial charge < -0.3 is 10.1 Å². The van der Waals surface area contributed by atoms with E-state index in [2.05, 4.69) is 28.4 Å². The number of nitrogens with one attached hydrogen (secondary N) is 1. The van der Waals surface area contributed by atoms with Crippen molar-refractivity contribution in [2.75, 3.05) is 17.3 Å². The fourth-order valence-corrected chi connectivity index (χ4v) is 3.33. The van der Waals surface area contributed by atoms with E-state index in [9.17, 15) is 14.4 Å². The van der Waals surface area contributed by atoms with Crippen molar-refractivity contribution in [3.63, 3.8) is 0 Å². The molecule has 0 saturated heterocycles. The number of esters is 1. The average molecular weight is 457 g/mol. The lowest BCUT2D eigenvalue weighted by molar-refractivity contribution is -0.128. The standard InChI is InChI=1S/C26H24N4O4/c1-5-30(21-11-7-9-19(15-21)26(33)34-4)25(32)23(17(2)3)24(31)29-20-10-6-8-18(14-20)22-16-27-12-13-28-22/h5-16,23H,1-2H2,3-4H3,(H,29,31). The van der Waals surface area contributed by atoms with E-state index in [0.29, 0.717) is 22.6 Å². The number of amides is 2. The molecule has 1 unspecified atom stereocenters. The van der Waals surface area contributed by atoms with E-state index in [1.807, 2.05) is 6.07 Å². The molecule has 34 heavy (non-hydrogen) atoms. The summed E-state index contributed by atoms with van der Waals surface area (Å²) < 4.78 is 4.74. The highest BCUT2D eigenvalue weighted by Crippen LogP contribution is 2.25. The Morgan fingerprint density at radius 3 is 2.53 bits per heavy atom. The molecule has 8 nitrogen and oxygen atoms in total. The van der Waals surface area contributed by atoms with E-state index in [4.69, 9.17) is 4.74 Å². The monoisotopic (exact) mass is 456 g/mol. The Morgan fingerprint density at radius 2 is 1.88 bits per heavy atom. The van der Waals surface area contributed by atoms with Crippen LogP contribution in [0.1, 0.15) is 17.3 Å². The van der Waals surface area contributed by atoms with Crippen molar-refractivity contribution in [3.8, 4) is 11.3 Å². The average Bonchev–Trinajstić information content (AvgIpc) is 2.84. The van der Waals surface area contributed by atoms with Crippen LogP contribution in [0.15, 0.2) is 92.1 Å². The van der Waals surface area contributed by atoms with Gasteiger partial charge in [-0.05, 0) is 37.3 Å². The summed E-state index contributed by atoms with van der Waals surface area (Å²) >= 11 is 0. The van der Waals surface area contributed by atoms with Crippen molar-refractivity contribution in [3.05, 3.63) is 97.6 Å². The summed E-state index contributed by atoms with van der Waals surface area (Å²) in [5, 5.41) is 2.78. The third-order valence-electron chi connectivity index (χ3n) is 4.96. The summed E-state index contributed by atoms with van der Waals surface area (Å²) in [5.74, 6) is -2.85. The summed E-state index contributed by atoms with van der Waals surface area (Å²) in [6, 6.07) is 13.4. The molecule has 0 aliphatic carbocycles. The number of hydrogen-bond donors (Lipinski definition) is 1. The molecule has 0 bridgehead atoms. The molecular formula is C26H24N4O4. The number of carbonyl (C=O) groups is 3. The molecule has 2 aromatic carbocycles. The van der Waals surface area contributed by atoms with Gasteiger partial charge in [0, 0.05) is 35.5 Å². The smallest absolute Gasteiger partial charge is 0.337 e. The van der Waals surface area contributed by atoms with Crippen molar-refractivity contribution < 1.29 is 19.1 Å². The minimum Gasteiger partial charge on any atom is -0.465 e. The van der Waals surface area contributed by atoms with E-state index in [1.165, 1.54) is 24.3 Å². The predicted octanol–water partition coefficient (Wildman–Crippen LogP) is 4.24. The molecular weight excluding hydrogens is 432 g/mol. The molecule has 172 valence electrons. The van der Waals surface area contributed by atoms with Crippen molar-refractivity contribution in [2.24, 2.45) is 5.92 Å². The maximum atomic E-state index is 13.4. The van der Waals surface area contributed by atoms with Crippen LogP contribution in [0, 0.1) is 5.92 Å². The Balaban J connectivity index is 1.86. The zero-order valence-corrected chi connectivity index (χ0v) is 18.9. The zero-order valence-electron chi connectivity index (χ0n) is 18.9. The highest BCUT2D eigenvalue weighted by Gasteiger charge is 2.32. The predicted molar refractivity (Wildman–Crippen MR) is 130 cm³/mol. The molecule has 1 aromatic heterocycles. The van der Waals surface area contributed by atoms with Crippen molar-refractivity contribution in [2.45, 2.75) is 6.92 Å². The summed E-state index contributed by atoms with van der Waals surface area (Å²) in [7, 11) is 1.27. The fourth-order valence-electron chi connectivity index (χ4n) is 3.33. The molecule has 0 radical (unpaired) electrons. The quantitative estimate of drug-likeness (QED) is 0.309. The molecule has 0 aliphatic rings. The van der Waals surface area contributed by atoms with Gasteiger partial charge in [0.1, 0.15) is 5.92 Å². The fraction of sp³-hybridized carbons (Fsp3) is 0.115. The molecule has 0 aliphatic heterocycles. The maximum absolute atomic E-state index is 13.4. The number of hydrogen-bond acceptors (Lipinski definition) is 6. The molecule has 0 spiro atoms. The van der Waals surface area contributed by atoms with Crippen LogP contribution < -0.4 is 10.2 Å². The van der Waals surface area contributed by atoms with Crippen LogP contribution in [-0.4, -0.2) is 34.9 Å². The number of nitrogens with zero attached hydrogens (tertiary/aromatic N) is 3. The van der Waals surface area contributed by atoms with Crippen LogP contribution in [0.25, 0.3) is 11.3 Å². The van der Waals surface area contributed by atoms with Gasteiger partial charge in [-0.1, -0.05) is 36.9 Å². The number of ether oxygens (including phenoxy) is 1. The number of anilines is 2. The second kappa shape index (κ2) is 10.8. The minimum atomic E-state index is -1.19. The molecule has 0 fully saturated rings. The topological polar surface area (TPSA) is 101 Å². The number of carbonyl (C=O) groups excluding carboxylic acids is 3. The van der Waals surface area contributed by atoms with Gasteiger partial charge in [0.25, 0.3) is 0 Å². The van der Waals surface area contributed by atoms with Crippen LogP contribution >= 0.6 is 0 Å². The molecule has 1 atom stereocenters. The van der Waals surface area contributed by atoms with Crippen LogP contribution in [0.2, 0.25) is 0 Å². The van der Waals surface area contributed by atoms with E-state index < -0.39 is 23.7 Å². The van der Waals surface area contributed by atoms with Gasteiger partial charge in [0.05, 0.1) is 24.6 Å². The van der Waals surface area contributed by atoms with Gasteiger partial charge in [-0.3, -0.25) is 24.5 Å². The first-order valence-electron chi connectivity index (χ1n) is 10.3. The summed E-state index contributed by atoms with van der Waals surface area (Å²) in [6.07, 6.45) is 6.06. The summed E-state index contributed by atoms with van der Waals surface area (Å²) in [6.45, 7) is 9.14. The maximum Gasteiger partial charge on any atom is 0.337 e. The number of methoxy groups -OCH3 is 1. The largest absolute Gasteiger partial charge is 0.465 e. The minimum absolute atomic E-state index is 0.261. The molecule has 1 heterocycles. The summed E-state index contributed by atoms with van der Waals surface area (Å²) in [4.78, 5) is 48.0. The third kappa shape index (κ3) is 5.42. The Labute approximate surface area is 197 Å². The Kier molecular flexibility index (Phi) is 7.66. The first-order chi connectivity index (χ1) is 16.3. The molecule has 8 heteroatoms. The van der Waals surface area contributed by atoms with Crippen molar-refractivity contribution in [1.82, 2.24) is 9.97 Å². The van der Waals surface area contributed by atoms with E-state index >= 15 is 0 Å². The number of aromatic nitrogens is 2. The van der Waals surface area contributed by atoms with Gasteiger partial charge in [0.2, 0.25) is 11.8 Å². The first-order valence-corrected chi connectivity index (χ1v) is 10.3. The van der Waals surface area contributed by atoms with Gasteiger partial charge in [-0.2, -0.15) is 0 Å². The highest BCUT2D eigenvalue weighted by molar-refractivity contribution is 6.14. The van der Waals surface area contributed by atoms with Gasteiger partial charge in [-0.15, -0.1) is 0 Å². The Hall–Kier alpha value is -4.59. The Morgan fingerprint density at radius 1 is 1.12 bits per heavy atom. The molecule has 2 amide bonds. The van der Waals surface area contributed by atoms with Gasteiger partial charge >= 0.3 is 5.97 Å². The third-order valence-corrected chi connectivity index (χ3v) is 4.96. The van der Waals surface area contributed by atoms with Gasteiger partial charge in [0.15, 0.2) is 0 Å². The highest BCUT2D eigenvalue weighted by atomic mass is 16.5. The van der Waals surface area contributed by atoms with Crippen molar-refractivity contribution >= 4 is 29.2 Å². The summed E-state index contributed by atoms with van der Waals surface area (Å²) in [5.41, 5.74) is 2.88. The van der Waals surface area contributed by atoms with Gasteiger partial charge in [-0.25, -0.2) is 4.79 Å². The molecule has 3 aromatic rings. The number of benzene rings is 2. The van der Waals surface area contributed by atoms with Crippen molar-refractivity contribution in [1.29, 1.82) is 0 Å². The second-order valence-corrected chi connectivity index (χ2v) is 7.37. The lowest BCUT2D eigenvalue weighted by atomic mass is 9.98. The van der Waals surface area contributed by atoms with E-state index in [1.54, 1.807) is 61.9 Å². The van der Waals surface area contributed by atoms with Crippen LogP contribution in [0.3, 0.4) is 0 Å².